The van der Waals surface area contributed by atoms with Gasteiger partial charge in [-0.15, -0.1) is 0 Å². The van der Waals surface area contributed by atoms with E-state index in [0.29, 0.717) is 0 Å². The van der Waals surface area contributed by atoms with Crippen molar-refractivity contribution in [1.29, 1.82) is 0 Å². The van der Waals surface area contributed by atoms with Crippen LogP contribution < -0.4 is 5.32 Å². The Morgan fingerprint density at radius 1 is 1.00 bits per heavy atom. The van der Waals surface area contributed by atoms with Crippen molar-refractivity contribution in [3.8, 4) is 0 Å². The number of fused-ring (bicyclic) bond motifs is 1. The van der Waals surface area contributed by atoms with Gasteiger partial charge < -0.3 is 10.2 Å². The summed E-state index contributed by atoms with van der Waals surface area (Å²) in [6, 6.07) is 10.0. The molecule has 2 saturated carbocycles. The van der Waals surface area contributed by atoms with Gasteiger partial charge in [0.25, 0.3) is 0 Å². The summed E-state index contributed by atoms with van der Waals surface area (Å²) in [5.74, 6) is 0.307. The molecule has 1 aromatic carbocycles. The van der Waals surface area contributed by atoms with Crippen LogP contribution in [0.5, 0.6) is 0 Å². The molecule has 4 rings (SSSR count). The maximum atomic E-state index is 13.1. The summed E-state index contributed by atoms with van der Waals surface area (Å²) in [6.45, 7) is 0. The standard InChI is InChI=1S/C23H30N2O2/c26-22(24-18-11-5-2-6-12-18)21(16-15-17-9-3-1-4-10-17)25-20-14-8-7-13-19(20)23(25)27/h1,3-4,9-10,15-16,18-21H,2,5-8,11-14H2,(H,24,26)/b16-15+/t19-,20+,21?/m1/s1. The van der Waals surface area contributed by atoms with E-state index in [1.54, 1.807) is 0 Å². The van der Waals surface area contributed by atoms with Gasteiger partial charge in [0.15, 0.2) is 0 Å². The van der Waals surface area contributed by atoms with E-state index < -0.39 is 6.04 Å². The molecule has 4 nitrogen and oxygen atoms in total. The molecule has 2 aliphatic carbocycles. The molecule has 1 saturated heterocycles. The Hall–Kier alpha value is -2.10. The van der Waals surface area contributed by atoms with Gasteiger partial charge in [0, 0.05) is 12.1 Å². The molecular weight excluding hydrogens is 336 g/mol. The van der Waals surface area contributed by atoms with Gasteiger partial charge in [0.05, 0.1) is 5.92 Å². The summed E-state index contributed by atoms with van der Waals surface area (Å²) >= 11 is 0. The van der Waals surface area contributed by atoms with E-state index in [1.807, 2.05) is 47.4 Å². The molecule has 0 spiro atoms. The van der Waals surface area contributed by atoms with Gasteiger partial charge in [-0.25, -0.2) is 0 Å². The molecular formula is C23H30N2O2. The number of rotatable bonds is 5. The van der Waals surface area contributed by atoms with Crippen LogP contribution in [0.2, 0.25) is 0 Å². The molecule has 3 fully saturated rings. The Kier molecular flexibility index (Phi) is 5.61. The van der Waals surface area contributed by atoms with Gasteiger partial charge in [-0.05, 0) is 31.2 Å². The van der Waals surface area contributed by atoms with Crippen LogP contribution in [-0.4, -0.2) is 34.8 Å². The maximum Gasteiger partial charge on any atom is 0.247 e. The molecule has 3 atom stereocenters. The van der Waals surface area contributed by atoms with Gasteiger partial charge in [0.2, 0.25) is 11.8 Å². The van der Waals surface area contributed by atoms with Crippen LogP contribution in [-0.2, 0) is 9.59 Å². The van der Waals surface area contributed by atoms with Crippen LogP contribution in [0.3, 0.4) is 0 Å². The van der Waals surface area contributed by atoms with Crippen molar-refractivity contribution in [3.63, 3.8) is 0 Å². The number of nitrogens with zero attached hydrogens (tertiary/aromatic N) is 1. The third kappa shape index (κ3) is 3.95. The van der Waals surface area contributed by atoms with Crippen molar-refractivity contribution in [2.75, 3.05) is 0 Å². The molecule has 0 aromatic heterocycles. The van der Waals surface area contributed by atoms with Gasteiger partial charge in [-0.1, -0.05) is 74.6 Å². The predicted molar refractivity (Wildman–Crippen MR) is 107 cm³/mol. The van der Waals surface area contributed by atoms with Crippen LogP contribution in [0, 0.1) is 5.92 Å². The second-order valence-electron chi connectivity index (χ2n) is 8.26. The van der Waals surface area contributed by atoms with E-state index in [9.17, 15) is 9.59 Å². The van der Waals surface area contributed by atoms with E-state index in [-0.39, 0.29) is 29.8 Å². The summed E-state index contributed by atoms with van der Waals surface area (Å²) in [6.07, 6.45) is 14.0. The highest BCUT2D eigenvalue weighted by molar-refractivity contribution is 5.94. The molecule has 1 unspecified atom stereocenters. The van der Waals surface area contributed by atoms with E-state index in [1.165, 1.54) is 19.3 Å². The smallest absolute Gasteiger partial charge is 0.247 e. The van der Waals surface area contributed by atoms with Crippen molar-refractivity contribution < 1.29 is 9.59 Å². The minimum Gasteiger partial charge on any atom is -0.351 e. The summed E-state index contributed by atoms with van der Waals surface area (Å²) in [5, 5.41) is 3.24. The van der Waals surface area contributed by atoms with E-state index in [0.717, 1.165) is 44.1 Å². The highest BCUT2D eigenvalue weighted by Gasteiger charge is 2.51. The van der Waals surface area contributed by atoms with Crippen molar-refractivity contribution in [2.24, 2.45) is 5.92 Å². The Morgan fingerprint density at radius 2 is 1.70 bits per heavy atom. The molecule has 144 valence electrons. The third-order valence-electron chi connectivity index (χ3n) is 6.45. The number of amides is 2. The van der Waals surface area contributed by atoms with Crippen LogP contribution in [0.4, 0.5) is 0 Å². The normalized spacial score (nSPS) is 27.1. The van der Waals surface area contributed by atoms with Gasteiger partial charge in [-0.2, -0.15) is 0 Å². The first kappa shape index (κ1) is 18.3. The van der Waals surface area contributed by atoms with Gasteiger partial charge in [0.1, 0.15) is 6.04 Å². The quantitative estimate of drug-likeness (QED) is 0.803. The SMILES string of the molecule is O=C(NC1CCCCC1)C(/C=C/c1ccccc1)N1C(=O)[C@@H]2CCCC[C@@H]21. The zero-order valence-corrected chi connectivity index (χ0v) is 16.0. The number of hydrogen-bond acceptors (Lipinski definition) is 2. The average Bonchev–Trinajstić information content (AvgIpc) is 2.72. The number of hydrogen-bond donors (Lipinski definition) is 1. The lowest BCUT2D eigenvalue weighted by Crippen LogP contribution is -2.67. The van der Waals surface area contributed by atoms with Gasteiger partial charge >= 0.3 is 0 Å². The zero-order valence-electron chi connectivity index (χ0n) is 16.0. The second-order valence-corrected chi connectivity index (χ2v) is 8.26. The first-order valence-corrected chi connectivity index (χ1v) is 10.6. The molecule has 0 bridgehead atoms. The van der Waals surface area contributed by atoms with E-state index >= 15 is 0 Å². The summed E-state index contributed by atoms with van der Waals surface area (Å²) in [5.41, 5.74) is 1.06. The fourth-order valence-corrected chi connectivity index (χ4v) is 4.95. The Bertz CT molecular complexity index is 694. The first-order valence-electron chi connectivity index (χ1n) is 10.6. The number of benzene rings is 1. The summed E-state index contributed by atoms with van der Waals surface area (Å²) in [7, 11) is 0. The minimum atomic E-state index is -0.487. The Balaban J connectivity index is 1.52. The van der Waals surface area contributed by atoms with Crippen molar-refractivity contribution in [2.45, 2.75) is 75.9 Å². The Morgan fingerprint density at radius 3 is 2.48 bits per heavy atom. The summed E-state index contributed by atoms with van der Waals surface area (Å²) in [4.78, 5) is 27.8. The lowest BCUT2D eigenvalue weighted by molar-refractivity contribution is -0.166. The number of carbonyl (C=O) groups is 2. The molecule has 1 aromatic rings. The average molecular weight is 367 g/mol. The fraction of sp³-hybridized carbons (Fsp3) is 0.565. The topological polar surface area (TPSA) is 49.4 Å². The number of carbonyl (C=O) groups excluding carboxylic acids is 2. The zero-order chi connectivity index (χ0) is 18.6. The molecule has 2 amide bonds. The molecule has 1 N–H and O–H groups in total. The maximum absolute atomic E-state index is 13.1. The van der Waals surface area contributed by atoms with E-state index in [2.05, 4.69) is 5.32 Å². The van der Waals surface area contributed by atoms with Crippen LogP contribution in [0.15, 0.2) is 36.4 Å². The van der Waals surface area contributed by atoms with Crippen LogP contribution in [0.1, 0.15) is 63.4 Å². The Labute approximate surface area is 162 Å². The monoisotopic (exact) mass is 366 g/mol. The second kappa shape index (κ2) is 8.28. The van der Waals surface area contributed by atoms with Crippen molar-refractivity contribution in [1.82, 2.24) is 10.2 Å². The fourth-order valence-electron chi connectivity index (χ4n) is 4.95. The molecule has 4 heteroatoms. The van der Waals surface area contributed by atoms with Crippen molar-refractivity contribution >= 4 is 17.9 Å². The van der Waals surface area contributed by atoms with E-state index in [4.69, 9.17) is 0 Å². The number of nitrogens with one attached hydrogen (secondary N) is 1. The minimum absolute atomic E-state index is 0.00791. The predicted octanol–water partition coefficient (Wildman–Crippen LogP) is 3.92. The van der Waals surface area contributed by atoms with Crippen LogP contribution in [0.25, 0.3) is 6.08 Å². The molecule has 1 aliphatic heterocycles. The number of β-lactam (4-membered cyclic amide) rings is 1. The summed E-state index contributed by atoms with van der Waals surface area (Å²) < 4.78 is 0. The molecule has 27 heavy (non-hydrogen) atoms. The highest BCUT2D eigenvalue weighted by atomic mass is 16.2. The van der Waals surface area contributed by atoms with Gasteiger partial charge in [-0.3, -0.25) is 9.59 Å². The molecule has 1 heterocycles. The largest absolute Gasteiger partial charge is 0.351 e. The molecule has 0 radical (unpaired) electrons. The molecule has 3 aliphatic rings. The van der Waals surface area contributed by atoms with Crippen LogP contribution >= 0.6 is 0 Å². The van der Waals surface area contributed by atoms with Crippen molar-refractivity contribution in [3.05, 3.63) is 42.0 Å². The highest BCUT2D eigenvalue weighted by Crippen LogP contribution is 2.40. The first-order chi connectivity index (χ1) is 13.2. The third-order valence-corrected chi connectivity index (χ3v) is 6.45. The number of likely N-dealkylation sites (tertiary alicyclic amines) is 1. The lowest BCUT2D eigenvalue weighted by atomic mass is 9.75. The lowest BCUT2D eigenvalue weighted by Gasteiger charge is -2.52.